The first kappa shape index (κ1) is 30.6. The summed E-state index contributed by atoms with van der Waals surface area (Å²) in [6, 6.07) is 21.6. The first-order valence-electron chi connectivity index (χ1n) is 13.8. The third-order valence-corrected chi connectivity index (χ3v) is 7.90. The van der Waals surface area contributed by atoms with Crippen LogP contribution in [-0.4, -0.2) is 28.1 Å². The molecule has 3 aromatic carbocycles. The van der Waals surface area contributed by atoms with E-state index in [1.54, 1.807) is 6.07 Å². The largest absolute Gasteiger partial charge is 0.439 e. The van der Waals surface area contributed by atoms with Gasteiger partial charge in [-0.3, -0.25) is 4.90 Å². The van der Waals surface area contributed by atoms with E-state index in [1.807, 2.05) is 43.3 Å². The molecule has 0 atom stereocenters. The molecule has 0 bridgehead atoms. The summed E-state index contributed by atoms with van der Waals surface area (Å²) in [5.41, 5.74) is -1.21. The van der Waals surface area contributed by atoms with E-state index < -0.39 is 35.0 Å². The van der Waals surface area contributed by atoms with Gasteiger partial charge in [0.2, 0.25) is 5.88 Å². The fraction of sp³-hybridized carbons (Fsp3) is 0.303. The Kier molecular flexibility index (Phi) is 8.54. The molecule has 1 N–H and O–H groups in total. The number of halogens is 6. The average Bonchev–Trinajstić information content (AvgIpc) is 2.97. The lowest BCUT2D eigenvalue weighted by atomic mass is 9.71. The fourth-order valence-corrected chi connectivity index (χ4v) is 5.59. The summed E-state index contributed by atoms with van der Waals surface area (Å²) in [5.74, 6) is 0.719. The third-order valence-electron chi connectivity index (χ3n) is 7.90. The van der Waals surface area contributed by atoms with Crippen molar-refractivity contribution in [3.05, 3.63) is 125 Å². The van der Waals surface area contributed by atoms with Crippen molar-refractivity contribution in [3.8, 4) is 11.6 Å². The molecule has 0 spiro atoms. The van der Waals surface area contributed by atoms with Crippen LogP contribution in [0.5, 0.6) is 11.6 Å². The van der Waals surface area contributed by atoms with Crippen LogP contribution in [0.1, 0.15) is 46.4 Å². The zero-order chi connectivity index (χ0) is 30.8. The third kappa shape index (κ3) is 7.02. The maximum Gasteiger partial charge on any atom is 0.416 e. The number of rotatable bonds is 7. The summed E-state index contributed by atoms with van der Waals surface area (Å²) >= 11 is 0. The minimum atomic E-state index is -4.56. The number of aliphatic hydroxyl groups is 1. The van der Waals surface area contributed by atoms with E-state index in [0.717, 1.165) is 35.5 Å². The Bertz CT molecular complexity index is 1450. The number of likely N-dealkylation sites (tertiary alicyclic amines) is 1. The van der Waals surface area contributed by atoms with Crippen molar-refractivity contribution in [2.45, 2.75) is 44.3 Å². The average molecular weight is 601 g/mol. The van der Waals surface area contributed by atoms with Crippen LogP contribution in [0.15, 0.2) is 91.0 Å². The number of nitrogens with zero attached hydrogens (tertiary/aromatic N) is 2. The molecule has 0 saturated carbocycles. The first-order chi connectivity index (χ1) is 20.3. The van der Waals surface area contributed by atoms with E-state index in [0.29, 0.717) is 44.1 Å². The van der Waals surface area contributed by atoms with Crippen molar-refractivity contribution in [1.29, 1.82) is 0 Å². The van der Waals surface area contributed by atoms with E-state index >= 15 is 0 Å². The Morgan fingerprint density at radius 3 is 1.67 bits per heavy atom. The summed E-state index contributed by atoms with van der Waals surface area (Å²) in [6.07, 6.45) is -8.15. The summed E-state index contributed by atoms with van der Waals surface area (Å²) in [5, 5.41) is 12.1. The van der Waals surface area contributed by atoms with Gasteiger partial charge in [-0.2, -0.15) is 26.3 Å². The highest BCUT2D eigenvalue weighted by atomic mass is 19.4. The van der Waals surface area contributed by atoms with E-state index in [2.05, 4.69) is 9.88 Å². The molecule has 1 aromatic heterocycles. The minimum absolute atomic E-state index is 0.206. The quantitative estimate of drug-likeness (QED) is 0.217. The summed E-state index contributed by atoms with van der Waals surface area (Å²) in [6.45, 7) is 3.68. The molecule has 0 unspecified atom stereocenters. The van der Waals surface area contributed by atoms with Gasteiger partial charge in [-0.25, -0.2) is 4.98 Å². The molecule has 0 aliphatic carbocycles. The minimum Gasteiger partial charge on any atom is -0.439 e. The molecular formula is C33H30F6N2O2. The van der Waals surface area contributed by atoms with Crippen LogP contribution in [0, 0.1) is 12.8 Å². The van der Waals surface area contributed by atoms with Crippen LogP contribution in [-0.2, 0) is 24.5 Å². The number of hydrogen-bond acceptors (Lipinski definition) is 4. The second-order valence-corrected chi connectivity index (χ2v) is 10.8. The van der Waals surface area contributed by atoms with E-state index in [9.17, 15) is 31.4 Å². The highest BCUT2D eigenvalue weighted by Crippen LogP contribution is 2.44. The van der Waals surface area contributed by atoms with Gasteiger partial charge in [0.1, 0.15) is 11.4 Å². The maximum absolute atomic E-state index is 13.2. The number of hydrogen-bond donors (Lipinski definition) is 1. The Morgan fingerprint density at radius 2 is 1.21 bits per heavy atom. The molecular weight excluding hydrogens is 570 g/mol. The number of piperidine rings is 1. The van der Waals surface area contributed by atoms with Crippen LogP contribution >= 0.6 is 0 Å². The topological polar surface area (TPSA) is 45.6 Å². The van der Waals surface area contributed by atoms with Crippen molar-refractivity contribution in [2.24, 2.45) is 5.92 Å². The molecule has 4 nitrogen and oxygen atoms in total. The van der Waals surface area contributed by atoms with Gasteiger partial charge >= 0.3 is 12.4 Å². The van der Waals surface area contributed by atoms with E-state index in [-0.39, 0.29) is 11.1 Å². The van der Waals surface area contributed by atoms with E-state index in [4.69, 9.17) is 4.74 Å². The highest BCUT2D eigenvalue weighted by Gasteiger charge is 2.43. The number of ether oxygens (including phenoxy) is 1. The lowest BCUT2D eigenvalue weighted by molar-refractivity contribution is -0.138. The van der Waals surface area contributed by atoms with Crippen LogP contribution in [0.3, 0.4) is 0 Å². The lowest BCUT2D eigenvalue weighted by Gasteiger charge is -2.42. The van der Waals surface area contributed by atoms with Crippen LogP contribution < -0.4 is 4.74 Å². The van der Waals surface area contributed by atoms with Crippen LogP contribution in [0.4, 0.5) is 26.3 Å². The maximum atomic E-state index is 13.2. The van der Waals surface area contributed by atoms with Gasteiger partial charge in [0.15, 0.2) is 0 Å². The normalized spacial score (nSPS) is 15.4. The van der Waals surface area contributed by atoms with Gasteiger partial charge in [0, 0.05) is 18.3 Å². The van der Waals surface area contributed by atoms with Crippen molar-refractivity contribution in [1.82, 2.24) is 9.88 Å². The Labute approximate surface area is 245 Å². The van der Waals surface area contributed by atoms with Crippen molar-refractivity contribution < 1.29 is 36.2 Å². The molecule has 0 amide bonds. The standard InChI is InChI=1S/C33H30F6N2O2/c1-22-3-2-4-30(40-22)43-29-15-5-23(6-16-29)21-41-19-17-26(18-20-41)31(42,24-7-11-27(12-8-24)32(34,35)36)25-9-13-28(14-10-25)33(37,38)39/h2-16,26,42H,17-21H2,1H3. The summed E-state index contributed by atoms with van der Waals surface area (Å²) in [4.78, 5) is 6.54. The molecule has 2 heterocycles. The van der Waals surface area contributed by atoms with Gasteiger partial charge in [0.05, 0.1) is 11.1 Å². The molecule has 1 aliphatic heterocycles. The predicted octanol–water partition coefficient (Wildman–Crippen LogP) is 8.37. The van der Waals surface area contributed by atoms with E-state index in [1.165, 1.54) is 24.3 Å². The molecule has 4 aromatic rings. The van der Waals surface area contributed by atoms with Crippen LogP contribution in [0.2, 0.25) is 0 Å². The van der Waals surface area contributed by atoms with Crippen molar-refractivity contribution >= 4 is 0 Å². The molecule has 1 fully saturated rings. The Hall–Kier alpha value is -3.89. The fourth-order valence-electron chi connectivity index (χ4n) is 5.59. The number of aryl methyl sites for hydroxylation is 1. The number of benzene rings is 3. The monoisotopic (exact) mass is 600 g/mol. The van der Waals surface area contributed by atoms with Gasteiger partial charge in [-0.1, -0.05) is 42.5 Å². The van der Waals surface area contributed by atoms with Gasteiger partial charge in [-0.05, 0) is 97.9 Å². The zero-order valence-corrected chi connectivity index (χ0v) is 23.3. The second-order valence-electron chi connectivity index (χ2n) is 10.8. The van der Waals surface area contributed by atoms with Crippen LogP contribution in [0.25, 0.3) is 0 Å². The lowest BCUT2D eigenvalue weighted by Crippen LogP contribution is -2.44. The first-order valence-corrected chi connectivity index (χ1v) is 13.8. The molecule has 226 valence electrons. The molecule has 1 aliphatic rings. The highest BCUT2D eigenvalue weighted by molar-refractivity contribution is 5.40. The summed E-state index contributed by atoms with van der Waals surface area (Å²) in [7, 11) is 0. The van der Waals surface area contributed by atoms with Crippen molar-refractivity contribution in [2.75, 3.05) is 13.1 Å². The predicted molar refractivity (Wildman–Crippen MR) is 149 cm³/mol. The zero-order valence-electron chi connectivity index (χ0n) is 23.3. The number of aromatic nitrogens is 1. The van der Waals surface area contributed by atoms with Gasteiger partial charge < -0.3 is 9.84 Å². The number of alkyl halides is 6. The summed E-state index contributed by atoms with van der Waals surface area (Å²) < 4.78 is 85.1. The number of pyridine rings is 1. The molecule has 1 saturated heterocycles. The molecule has 0 radical (unpaired) electrons. The molecule has 10 heteroatoms. The Morgan fingerprint density at radius 1 is 0.721 bits per heavy atom. The van der Waals surface area contributed by atoms with Gasteiger partial charge in [-0.15, -0.1) is 0 Å². The molecule has 43 heavy (non-hydrogen) atoms. The van der Waals surface area contributed by atoms with Gasteiger partial charge in [0.25, 0.3) is 0 Å². The molecule has 5 rings (SSSR count). The Balaban J connectivity index is 1.31. The smallest absolute Gasteiger partial charge is 0.416 e. The second kappa shape index (κ2) is 12.0. The SMILES string of the molecule is Cc1cccc(Oc2ccc(CN3CCC(C(O)(c4ccc(C(F)(F)F)cc4)c4ccc(C(F)(F)F)cc4)CC3)cc2)n1. The van der Waals surface area contributed by atoms with Crippen molar-refractivity contribution in [3.63, 3.8) is 0 Å².